The molecule has 0 spiro atoms. The molecule has 0 aliphatic carbocycles. The third-order valence-electron chi connectivity index (χ3n) is 7.81. The minimum atomic E-state index is -1.10. The molecule has 2 saturated heterocycles. The second-order valence-corrected chi connectivity index (χ2v) is 11.0. The summed E-state index contributed by atoms with van der Waals surface area (Å²) in [5, 5.41) is 9.36. The number of rotatable bonds is 7. The van der Waals surface area contributed by atoms with Gasteiger partial charge in [-0.3, -0.25) is 14.5 Å². The number of amides is 3. The lowest BCUT2D eigenvalue weighted by Gasteiger charge is -2.38. The molecule has 2 fully saturated rings. The lowest BCUT2D eigenvalue weighted by molar-refractivity contribution is 0.0635. The number of nitrogens with one attached hydrogen (secondary N) is 3. The van der Waals surface area contributed by atoms with Gasteiger partial charge in [-0.25, -0.2) is 19.2 Å². The minimum Gasteiger partial charge on any atom is -0.475 e. The van der Waals surface area contributed by atoms with Gasteiger partial charge in [0, 0.05) is 76.0 Å². The van der Waals surface area contributed by atoms with Crippen LogP contribution in [0.5, 0.6) is 5.75 Å². The number of carbonyl (C=O) groups excluding carboxylic acids is 2. The van der Waals surface area contributed by atoms with Crippen molar-refractivity contribution in [2.24, 2.45) is 0 Å². The molecule has 0 unspecified atom stereocenters. The van der Waals surface area contributed by atoms with E-state index < -0.39 is 11.6 Å². The van der Waals surface area contributed by atoms with Crippen LogP contribution in [0.2, 0.25) is 5.02 Å². The van der Waals surface area contributed by atoms with Gasteiger partial charge >= 0.3 is 6.03 Å². The van der Waals surface area contributed by atoms with E-state index in [1.807, 2.05) is 4.90 Å². The van der Waals surface area contributed by atoms with Crippen LogP contribution in [0.4, 0.5) is 25.1 Å². The molecule has 2 aliphatic rings. The molecule has 6 rings (SSSR count). The molecule has 2 aromatic heterocycles. The Bertz CT molecular complexity index is 1720. The van der Waals surface area contributed by atoms with Crippen LogP contribution in [0.25, 0.3) is 16.9 Å². The molecule has 15 heteroatoms. The maximum absolute atomic E-state index is 15.0. The number of halogens is 3. The van der Waals surface area contributed by atoms with E-state index in [0.717, 1.165) is 13.1 Å². The summed E-state index contributed by atoms with van der Waals surface area (Å²) in [4.78, 5) is 40.2. The highest BCUT2D eigenvalue weighted by Crippen LogP contribution is 2.32. The van der Waals surface area contributed by atoms with Crippen LogP contribution in [0, 0.1) is 11.6 Å². The van der Waals surface area contributed by atoms with Crippen LogP contribution in [-0.2, 0) is 0 Å². The summed E-state index contributed by atoms with van der Waals surface area (Å²) in [5.74, 6) is -2.23. The Morgan fingerprint density at radius 1 is 0.978 bits per heavy atom. The van der Waals surface area contributed by atoms with Crippen LogP contribution >= 0.6 is 11.6 Å². The van der Waals surface area contributed by atoms with Crippen LogP contribution in [0.1, 0.15) is 10.4 Å². The van der Waals surface area contributed by atoms with Gasteiger partial charge in [0.15, 0.2) is 23.0 Å². The molecule has 4 aromatic rings. The largest absolute Gasteiger partial charge is 0.475 e. The van der Waals surface area contributed by atoms with E-state index in [2.05, 4.69) is 25.9 Å². The smallest absolute Gasteiger partial charge is 0.320 e. The molecule has 4 heterocycles. The second-order valence-electron chi connectivity index (χ2n) is 10.6. The monoisotopic (exact) mass is 639 g/mol. The summed E-state index contributed by atoms with van der Waals surface area (Å²) in [6, 6.07) is 7.76. The Hall–Kier alpha value is -4.53. The molecule has 0 bridgehead atoms. The van der Waals surface area contributed by atoms with Crippen molar-refractivity contribution in [1.29, 1.82) is 0 Å². The summed E-state index contributed by atoms with van der Waals surface area (Å²) in [5.41, 5.74) is 1.59. The van der Waals surface area contributed by atoms with Crippen molar-refractivity contribution in [2.45, 2.75) is 0 Å². The number of hydrogen-bond acceptors (Lipinski definition) is 8. The van der Waals surface area contributed by atoms with Crippen LogP contribution in [0.3, 0.4) is 0 Å². The number of hydrogen-bond donors (Lipinski definition) is 3. The molecular formula is C30H32ClF2N9O3. The van der Waals surface area contributed by atoms with Crippen molar-refractivity contribution >= 4 is 40.7 Å². The molecule has 12 nitrogen and oxygen atoms in total. The Kier molecular flexibility index (Phi) is 8.96. The summed E-state index contributed by atoms with van der Waals surface area (Å²) in [6.45, 7) is 4.70. The first-order valence-electron chi connectivity index (χ1n) is 14.5. The van der Waals surface area contributed by atoms with Gasteiger partial charge in [0.25, 0.3) is 5.91 Å². The zero-order valence-electron chi connectivity index (χ0n) is 24.5. The van der Waals surface area contributed by atoms with Gasteiger partial charge in [0.1, 0.15) is 6.73 Å². The van der Waals surface area contributed by atoms with Gasteiger partial charge in [-0.1, -0.05) is 11.6 Å². The van der Waals surface area contributed by atoms with E-state index in [4.69, 9.17) is 16.3 Å². The predicted molar refractivity (Wildman–Crippen MR) is 165 cm³/mol. The fraction of sp³-hybridized carbons (Fsp3) is 0.333. The summed E-state index contributed by atoms with van der Waals surface area (Å²) in [6.07, 6.45) is 4.53. The van der Waals surface area contributed by atoms with Crippen molar-refractivity contribution in [3.63, 3.8) is 0 Å². The van der Waals surface area contributed by atoms with Crippen LogP contribution in [-0.4, -0.2) is 107 Å². The quantitative estimate of drug-likeness (QED) is 0.263. The van der Waals surface area contributed by atoms with E-state index >= 15 is 4.39 Å². The molecular weight excluding hydrogens is 608 g/mol. The molecule has 2 aromatic carbocycles. The van der Waals surface area contributed by atoms with E-state index in [9.17, 15) is 14.0 Å². The number of aromatic nitrogens is 3. The van der Waals surface area contributed by atoms with E-state index in [0.29, 0.717) is 67.7 Å². The third-order valence-corrected chi connectivity index (χ3v) is 8.12. The van der Waals surface area contributed by atoms with Crippen molar-refractivity contribution in [3.05, 3.63) is 71.1 Å². The predicted octanol–water partition coefficient (Wildman–Crippen LogP) is 3.41. The van der Waals surface area contributed by atoms with E-state index in [1.165, 1.54) is 24.5 Å². The molecule has 0 saturated carbocycles. The normalized spacial score (nSPS) is 15.4. The number of fused-ring (bicyclic) bond motifs is 1. The highest BCUT2D eigenvalue weighted by atomic mass is 35.5. The third kappa shape index (κ3) is 6.21. The molecule has 3 amide bonds. The van der Waals surface area contributed by atoms with Gasteiger partial charge in [-0.05, 0) is 37.4 Å². The number of piperazine rings is 2. The second kappa shape index (κ2) is 13.2. The maximum Gasteiger partial charge on any atom is 0.320 e. The summed E-state index contributed by atoms with van der Waals surface area (Å²) in [7, 11) is 1.63. The maximum atomic E-state index is 15.0. The first-order chi connectivity index (χ1) is 21.9. The van der Waals surface area contributed by atoms with E-state index in [-0.39, 0.29) is 35.0 Å². The van der Waals surface area contributed by atoms with Gasteiger partial charge in [-0.15, -0.1) is 0 Å². The van der Waals surface area contributed by atoms with Crippen molar-refractivity contribution in [2.75, 3.05) is 71.5 Å². The first kappa shape index (κ1) is 30.5. The lowest BCUT2D eigenvalue weighted by atomic mass is 10.1. The minimum absolute atomic E-state index is 0.00821. The SMILES string of the molecule is CNCOc1ccc(-c2cnc3c(Nc4ccc(C(=O)N5CCN(C(=O)N6CCNCC6)CC5)c(Cl)c4)nccn23)c(F)c1F. The number of imidazole rings is 1. The average Bonchev–Trinajstić information content (AvgIpc) is 3.50. The first-order valence-corrected chi connectivity index (χ1v) is 14.9. The molecule has 2 aliphatic heterocycles. The highest BCUT2D eigenvalue weighted by Gasteiger charge is 2.29. The van der Waals surface area contributed by atoms with Crippen LogP contribution < -0.4 is 20.7 Å². The molecule has 0 atom stereocenters. The Balaban J connectivity index is 1.14. The van der Waals surface area contributed by atoms with Crippen molar-refractivity contribution in [3.8, 4) is 17.0 Å². The molecule has 45 heavy (non-hydrogen) atoms. The highest BCUT2D eigenvalue weighted by molar-refractivity contribution is 6.34. The molecule has 236 valence electrons. The standard InChI is InChI=1S/C30H32ClF2N9O3/c1-34-18-45-24-5-4-21(25(32)26(24)33)23-17-37-28-27(36-8-11-42(23)28)38-19-2-3-20(22(31)16-19)29(43)39-12-14-41(15-13-39)30(44)40-9-6-35-7-10-40/h2-5,8,11,16-17,34-35H,6-7,9-10,12-15,18H2,1H3,(H,36,38). The van der Waals surface area contributed by atoms with E-state index in [1.54, 1.807) is 45.6 Å². The number of nitrogens with zero attached hydrogens (tertiary/aromatic N) is 6. The lowest BCUT2D eigenvalue weighted by Crippen LogP contribution is -2.57. The number of anilines is 2. The molecule has 0 radical (unpaired) electrons. The summed E-state index contributed by atoms with van der Waals surface area (Å²) < 4.78 is 36.5. The fourth-order valence-electron chi connectivity index (χ4n) is 5.43. The summed E-state index contributed by atoms with van der Waals surface area (Å²) >= 11 is 6.57. The Morgan fingerprint density at radius 2 is 1.71 bits per heavy atom. The van der Waals surface area contributed by atoms with Crippen molar-refractivity contribution < 1.29 is 23.1 Å². The number of benzene rings is 2. The van der Waals surface area contributed by atoms with Gasteiger partial charge in [0.05, 0.1) is 22.5 Å². The van der Waals surface area contributed by atoms with Gasteiger partial charge in [-0.2, -0.15) is 4.39 Å². The zero-order chi connectivity index (χ0) is 31.5. The number of carbonyl (C=O) groups is 2. The van der Waals surface area contributed by atoms with Gasteiger partial charge in [0.2, 0.25) is 5.82 Å². The number of ether oxygens (including phenoxy) is 1. The van der Waals surface area contributed by atoms with Gasteiger partial charge < -0.3 is 30.1 Å². The molecule has 3 N–H and O–H groups in total. The zero-order valence-corrected chi connectivity index (χ0v) is 25.3. The number of urea groups is 1. The Labute approximate surface area is 262 Å². The van der Waals surface area contributed by atoms with Crippen LogP contribution in [0.15, 0.2) is 48.9 Å². The van der Waals surface area contributed by atoms with Crippen molar-refractivity contribution in [1.82, 2.24) is 39.7 Å². The fourth-order valence-corrected chi connectivity index (χ4v) is 5.69. The topological polar surface area (TPSA) is 119 Å². The average molecular weight is 640 g/mol. The Morgan fingerprint density at radius 3 is 2.44 bits per heavy atom.